The highest BCUT2D eigenvalue weighted by Gasteiger charge is 2.21. The van der Waals surface area contributed by atoms with E-state index in [-0.39, 0.29) is 5.91 Å². The van der Waals surface area contributed by atoms with Crippen molar-refractivity contribution < 1.29 is 9.69 Å². The van der Waals surface area contributed by atoms with Crippen molar-refractivity contribution in [1.82, 2.24) is 15.1 Å². The van der Waals surface area contributed by atoms with Gasteiger partial charge in [-0.05, 0) is 38.3 Å². The number of nitrogens with zero attached hydrogens (tertiary/aromatic N) is 2. The number of quaternary nitrogens is 1. The minimum absolute atomic E-state index is 0.0427. The number of carbonyl (C=O) groups is 1. The molecule has 1 aromatic heterocycles. The summed E-state index contributed by atoms with van der Waals surface area (Å²) in [6.45, 7) is 5.49. The molecule has 1 saturated heterocycles. The summed E-state index contributed by atoms with van der Waals surface area (Å²) in [7, 11) is 0. The summed E-state index contributed by atoms with van der Waals surface area (Å²) >= 11 is 0. The van der Waals surface area contributed by atoms with Crippen molar-refractivity contribution in [2.75, 3.05) is 19.6 Å². The lowest BCUT2D eigenvalue weighted by atomic mass is 10.0. The summed E-state index contributed by atoms with van der Waals surface area (Å²) in [6.07, 6.45) is 8.47. The first-order chi connectivity index (χ1) is 11.7. The molecule has 1 unspecified atom stereocenters. The number of hydrogen-bond donors (Lipinski definition) is 2. The van der Waals surface area contributed by atoms with Crippen LogP contribution in [0.1, 0.15) is 43.0 Å². The topological polar surface area (TPSA) is 51.4 Å². The van der Waals surface area contributed by atoms with E-state index in [4.69, 9.17) is 0 Å². The number of para-hydroxylation sites is 1. The number of amides is 1. The fourth-order valence-corrected chi connectivity index (χ4v) is 3.41. The van der Waals surface area contributed by atoms with E-state index >= 15 is 0 Å². The van der Waals surface area contributed by atoms with Crippen molar-refractivity contribution in [3.63, 3.8) is 0 Å². The molecule has 24 heavy (non-hydrogen) atoms. The largest absolute Gasteiger partial charge is 0.352 e. The van der Waals surface area contributed by atoms with Gasteiger partial charge in [0.25, 0.3) is 5.91 Å². The molecule has 1 aliphatic heterocycles. The fourth-order valence-electron chi connectivity index (χ4n) is 3.41. The third-order valence-corrected chi connectivity index (χ3v) is 4.91. The second-order valence-electron chi connectivity index (χ2n) is 6.67. The Morgan fingerprint density at radius 3 is 2.96 bits per heavy atom. The van der Waals surface area contributed by atoms with Crippen molar-refractivity contribution in [2.24, 2.45) is 0 Å². The highest BCUT2D eigenvalue weighted by atomic mass is 16.1. The molecule has 3 rings (SSSR count). The molecule has 1 aliphatic rings. The van der Waals surface area contributed by atoms with E-state index in [0.717, 1.165) is 31.2 Å². The molecule has 2 heterocycles. The maximum Gasteiger partial charge on any atom is 0.254 e. The third kappa shape index (κ3) is 4.23. The zero-order valence-electron chi connectivity index (χ0n) is 14.4. The van der Waals surface area contributed by atoms with Gasteiger partial charge in [0.2, 0.25) is 0 Å². The quantitative estimate of drug-likeness (QED) is 0.789. The smallest absolute Gasteiger partial charge is 0.254 e. The van der Waals surface area contributed by atoms with Gasteiger partial charge in [-0.2, -0.15) is 5.10 Å². The molecule has 128 valence electrons. The van der Waals surface area contributed by atoms with Crippen molar-refractivity contribution >= 4 is 5.91 Å². The normalized spacial score (nSPS) is 20.7. The van der Waals surface area contributed by atoms with E-state index < -0.39 is 0 Å². The molecule has 1 amide bonds. The van der Waals surface area contributed by atoms with Crippen LogP contribution < -0.4 is 10.2 Å². The maximum absolute atomic E-state index is 12.2. The van der Waals surface area contributed by atoms with Crippen LogP contribution in [0.2, 0.25) is 0 Å². The molecule has 0 radical (unpaired) electrons. The first-order valence-corrected chi connectivity index (χ1v) is 8.97. The number of carbonyl (C=O) groups excluding carboxylic acids is 1. The van der Waals surface area contributed by atoms with Gasteiger partial charge >= 0.3 is 0 Å². The van der Waals surface area contributed by atoms with Crippen molar-refractivity contribution in [1.29, 1.82) is 0 Å². The summed E-state index contributed by atoms with van der Waals surface area (Å²) in [4.78, 5) is 13.9. The van der Waals surface area contributed by atoms with E-state index in [1.807, 2.05) is 30.3 Å². The minimum Gasteiger partial charge on any atom is -0.352 e. The molecular weight excluding hydrogens is 300 g/mol. The first kappa shape index (κ1) is 16.7. The highest BCUT2D eigenvalue weighted by Crippen LogP contribution is 2.07. The SMILES string of the molecule is C[C@@H]1CCCC[NH+]1CCCNC(=O)c1cnn(-c2ccccc2)c1. The maximum atomic E-state index is 12.2. The molecule has 2 aromatic rings. The lowest BCUT2D eigenvalue weighted by Gasteiger charge is -2.30. The summed E-state index contributed by atoms with van der Waals surface area (Å²) < 4.78 is 1.73. The number of aromatic nitrogens is 2. The summed E-state index contributed by atoms with van der Waals surface area (Å²) in [5.41, 5.74) is 1.57. The van der Waals surface area contributed by atoms with E-state index in [1.54, 1.807) is 22.0 Å². The molecular formula is C19H27N4O+. The Labute approximate surface area is 143 Å². The molecule has 0 spiro atoms. The zero-order valence-corrected chi connectivity index (χ0v) is 14.4. The fraction of sp³-hybridized carbons (Fsp3) is 0.474. The van der Waals surface area contributed by atoms with E-state index in [9.17, 15) is 4.79 Å². The highest BCUT2D eigenvalue weighted by molar-refractivity contribution is 5.93. The molecule has 2 atom stereocenters. The minimum atomic E-state index is -0.0427. The van der Waals surface area contributed by atoms with Gasteiger partial charge in [-0.1, -0.05) is 18.2 Å². The van der Waals surface area contributed by atoms with Crippen molar-refractivity contribution in [3.05, 3.63) is 48.3 Å². The number of likely N-dealkylation sites (tertiary alicyclic amines) is 1. The molecule has 0 saturated carbocycles. The van der Waals surface area contributed by atoms with Gasteiger partial charge in [0.1, 0.15) is 0 Å². The number of piperidine rings is 1. The Kier molecular flexibility index (Phi) is 5.64. The summed E-state index contributed by atoms with van der Waals surface area (Å²) in [6, 6.07) is 10.6. The Hall–Kier alpha value is -2.14. The van der Waals surface area contributed by atoms with Crippen LogP contribution in [-0.4, -0.2) is 41.4 Å². The molecule has 0 aliphatic carbocycles. The predicted molar refractivity (Wildman–Crippen MR) is 94.5 cm³/mol. The van der Waals surface area contributed by atoms with Gasteiger partial charge in [0, 0.05) is 19.2 Å². The van der Waals surface area contributed by atoms with Gasteiger partial charge in [-0.15, -0.1) is 0 Å². The monoisotopic (exact) mass is 327 g/mol. The van der Waals surface area contributed by atoms with Gasteiger partial charge in [0.05, 0.1) is 36.6 Å². The van der Waals surface area contributed by atoms with Gasteiger partial charge in [0.15, 0.2) is 0 Å². The van der Waals surface area contributed by atoms with E-state index in [2.05, 4.69) is 17.3 Å². The van der Waals surface area contributed by atoms with Crippen LogP contribution in [0.4, 0.5) is 0 Å². The van der Waals surface area contributed by atoms with Crippen LogP contribution in [0.5, 0.6) is 0 Å². The lowest BCUT2D eigenvalue weighted by Crippen LogP contribution is -3.16. The Bertz CT molecular complexity index is 652. The first-order valence-electron chi connectivity index (χ1n) is 8.97. The predicted octanol–water partition coefficient (Wildman–Crippen LogP) is 1.45. The van der Waals surface area contributed by atoms with E-state index in [1.165, 1.54) is 25.8 Å². The average Bonchev–Trinajstić information content (AvgIpc) is 3.11. The van der Waals surface area contributed by atoms with E-state index in [0.29, 0.717) is 5.56 Å². The van der Waals surface area contributed by atoms with Gasteiger partial charge in [-0.25, -0.2) is 4.68 Å². The Balaban J connectivity index is 1.45. The van der Waals surface area contributed by atoms with Gasteiger partial charge < -0.3 is 10.2 Å². The lowest BCUT2D eigenvalue weighted by molar-refractivity contribution is -0.928. The standard InChI is InChI=1S/C19H26N4O/c1-16-8-5-6-12-22(16)13-7-11-20-19(24)17-14-21-23(15-17)18-9-3-2-4-10-18/h2-4,9-10,14-16H,5-8,11-13H2,1H3,(H,20,24)/p+1/t16-/m1/s1. The molecule has 1 aromatic carbocycles. The van der Waals surface area contributed by atoms with Crippen molar-refractivity contribution in [3.8, 4) is 5.69 Å². The average molecular weight is 327 g/mol. The summed E-state index contributed by atoms with van der Waals surface area (Å²) in [5.74, 6) is -0.0427. The third-order valence-electron chi connectivity index (χ3n) is 4.91. The van der Waals surface area contributed by atoms with Crippen LogP contribution in [-0.2, 0) is 0 Å². The van der Waals surface area contributed by atoms with Crippen LogP contribution in [0.3, 0.4) is 0 Å². The zero-order chi connectivity index (χ0) is 16.8. The number of nitrogens with one attached hydrogen (secondary N) is 2. The van der Waals surface area contributed by atoms with Crippen LogP contribution >= 0.6 is 0 Å². The molecule has 2 N–H and O–H groups in total. The number of hydrogen-bond acceptors (Lipinski definition) is 2. The second kappa shape index (κ2) is 8.11. The molecule has 0 bridgehead atoms. The summed E-state index contributed by atoms with van der Waals surface area (Å²) in [5, 5.41) is 7.28. The van der Waals surface area contributed by atoms with Crippen molar-refractivity contribution in [2.45, 2.75) is 38.6 Å². The molecule has 5 heteroatoms. The molecule has 1 fully saturated rings. The Morgan fingerprint density at radius 2 is 2.17 bits per heavy atom. The number of benzene rings is 1. The second-order valence-corrected chi connectivity index (χ2v) is 6.67. The number of rotatable bonds is 6. The van der Waals surface area contributed by atoms with Crippen LogP contribution in [0.25, 0.3) is 5.69 Å². The van der Waals surface area contributed by atoms with Gasteiger partial charge in [-0.3, -0.25) is 4.79 Å². The molecule has 5 nitrogen and oxygen atoms in total. The van der Waals surface area contributed by atoms with Crippen LogP contribution in [0.15, 0.2) is 42.7 Å². The van der Waals surface area contributed by atoms with Crippen LogP contribution in [0, 0.1) is 0 Å². The Morgan fingerprint density at radius 1 is 1.33 bits per heavy atom.